The molecule has 14 heavy (non-hydrogen) atoms. The van der Waals surface area contributed by atoms with E-state index >= 15 is 0 Å². The lowest BCUT2D eigenvalue weighted by molar-refractivity contribution is 1.45. The molecule has 1 nitrogen and oxygen atoms in total. The molecule has 2 rings (SSSR count). The van der Waals surface area contributed by atoms with E-state index in [-0.39, 0.29) is 0 Å². The summed E-state index contributed by atoms with van der Waals surface area (Å²) >= 11 is 5.04. The Morgan fingerprint density at radius 2 is 1.79 bits per heavy atom. The summed E-state index contributed by atoms with van der Waals surface area (Å²) in [6, 6.07) is 14.4. The summed E-state index contributed by atoms with van der Waals surface area (Å²) < 4.78 is 4.53. The lowest BCUT2D eigenvalue weighted by Crippen LogP contribution is -1.86. The van der Waals surface area contributed by atoms with E-state index in [0.717, 1.165) is 0 Å². The van der Waals surface area contributed by atoms with Crippen LogP contribution in [0.15, 0.2) is 56.9 Å². The van der Waals surface area contributed by atoms with Gasteiger partial charge in [-0.2, -0.15) is 4.13 Å². The van der Waals surface area contributed by atoms with Crippen LogP contribution in [0.3, 0.4) is 0 Å². The zero-order chi connectivity index (χ0) is 9.64. The van der Waals surface area contributed by atoms with Crippen molar-refractivity contribution in [2.75, 3.05) is 0 Å². The molecular weight excluding hydrogens is 230 g/mol. The lowest BCUT2D eigenvalue weighted by atomic mass is 10.4. The van der Waals surface area contributed by atoms with Crippen molar-refractivity contribution in [2.24, 2.45) is 0 Å². The molecule has 0 bridgehead atoms. The molecule has 0 aliphatic carbocycles. The van der Waals surface area contributed by atoms with Gasteiger partial charge in [0.05, 0.1) is 4.21 Å². The highest BCUT2D eigenvalue weighted by atomic mass is 32.2. The van der Waals surface area contributed by atoms with Crippen LogP contribution in [0.25, 0.3) is 0 Å². The number of hydrogen-bond donors (Lipinski definition) is 1. The third-order valence-corrected chi connectivity index (χ3v) is 4.25. The highest BCUT2D eigenvalue weighted by Crippen LogP contribution is 2.25. The summed E-state index contributed by atoms with van der Waals surface area (Å²) in [6.45, 7) is 0. The van der Waals surface area contributed by atoms with Crippen molar-refractivity contribution in [1.29, 1.82) is 0 Å². The Labute approximate surface area is 96.2 Å². The van der Waals surface area contributed by atoms with E-state index in [1.807, 2.05) is 18.2 Å². The molecular formula is C10H9NS3. The fraction of sp³-hybridized carbons (Fsp3) is 0. The molecule has 0 aliphatic heterocycles. The van der Waals surface area contributed by atoms with Crippen LogP contribution in [0.2, 0.25) is 0 Å². The van der Waals surface area contributed by atoms with E-state index in [4.69, 9.17) is 0 Å². The number of benzene rings is 1. The van der Waals surface area contributed by atoms with Crippen molar-refractivity contribution in [3.8, 4) is 0 Å². The summed E-state index contributed by atoms with van der Waals surface area (Å²) in [5.41, 5.74) is 0. The highest BCUT2D eigenvalue weighted by molar-refractivity contribution is 8.13. The third kappa shape index (κ3) is 3.06. The molecule has 0 radical (unpaired) electrons. The predicted molar refractivity (Wildman–Crippen MR) is 65.6 cm³/mol. The molecule has 1 aromatic carbocycles. The molecule has 4 heteroatoms. The molecule has 1 heterocycles. The van der Waals surface area contributed by atoms with Gasteiger partial charge in [-0.05, 0) is 47.5 Å². The monoisotopic (exact) mass is 239 g/mol. The molecule has 0 aliphatic rings. The van der Waals surface area contributed by atoms with E-state index in [9.17, 15) is 0 Å². The van der Waals surface area contributed by atoms with Crippen LogP contribution in [0.5, 0.6) is 0 Å². The van der Waals surface area contributed by atoms with Gasteiger partial charge in [0.2, 0.25) is 0 Å². The molecule has 72 valence electrons. The maximum atomic E-state index is 3.25. The van der Waals surface area contributed by atoms with E-state index in [1.165, 1.54) is 9.10 Å². The summed E-state index contributed by atoms with van der Waals surface area (Å²) in [7, 11) is 0. The van der Waals surface area contributed by atoms with Crippen molar-refractivity contribution in [2.45, 2.75) is 9.10 Å². The zero-order valence-electron chi connectivity index (χ0n) is 7.34. The van der Waals surface area contributed by atoms with Crippen molar-refractivity contribution in [3.63, 3.8) is 0 Å². The normalized spacial score (nSPS) is 10.3. The molecule has 0 fully saturated rings. The quantitative estimate of drug-likeness (QED) is 0.808. The Morgan fingerprint density at radius 1 is 0.929 bits per heavy atom. The Morgan fingerprint density at radius 3 is 2.50 bits per heavy atom. The van der Waals surface area contributed by atoms with E-state index in [2.05, 4.69) is 33.8 Å². The number of hydrogen-bond acceptors (Lipinski definition) is 4. The molecule has 0 spiro atoms. The largest absolute Gasteiger partial charge is 0.199 e. The first-order valence-electron chi connectivity index (χ1n) is 4.12. The van der Waals surface area contributed by atoms with Crippen LogP contribution < -0.4 is 4.13 Å². The van der Waals surface area contributed by atoms with E-state index in [0.29, 0.717) is 0 Å². The number of nitrogens with one attached hydrogen (secondary N) is 1. The Kier molecular flexibility index (Phi) is 3.94. The molecule has 0 amide bonds. The first-order valence-corrected chi connectivity index (χ1v) is 6.63. The van der Waals surface area contributed by atoms with Gasteiger partial charge in [0.25, 0.3) is 0 Å². The number of thiophene rings is 1. The molecule has 2 aromatic rings. The summed E-state index contributed by atoms with van der Waals surface area (Å²) in [5.74, 6) is 0. The molecule has 0 saturated heterocycles. The SMILES string of the molecule is c1ccc(SNSc2cccs2)cc1. The Hall–Kier alpha value is -0.420. The van der Waals surface area contributed by atoms with Crippen LogP contribution in [-0.4, -0.2) is 0 Å². The molecule has 0 unspecified atom stereocenters. The van der Waals surface area contributed by atoms with Crippen molar-refractivity contribution in [3.05, 3.63) is 47.8 Å². The summed E-state index contributed by atoms with van der Waals surface area (Å²) in [4.78, 5) is 1.23. The average molecular weight is 239 g/mol. The van der Waals surface area contributed by atoms with Gasteiger partial charge in [-0.1, -0.05) is 24.3 Å². The first kappa shape index (κ1) is 10.1. The smallest absolute Gasteiger partial charge is 0.0759 e. The highest BCUT2D eigenvalue weighted by Gasteiger charge is 1.95. The minimum Gasteiger partial charge on any atom is -0.199 e. The van der Waals surface area contributed by atoms with Crippen LogP contribution in [-0.2, 0) is 0 Å². The van der Waals surface area contributed by atoms with Gasteiger partial charge < -0.3 is 0 Å². The van der Waals surface area contributed by atoms with Crippen molar-refractivity contribution >= 4 is 35.2 Å². The standard InChI is InChI=1S/C10H9NS3/c1-2-5-9(6-3-1)13-11-14-10-7-4-8-12-10/h1-8,11H. The second kappa shape index (κ2) is 5.46. The zero-order valence-corrected chi connectivity index (χ0v) is 9.79. The third-order valence-electron chi connectivity index (χ3n) is 1.54. The van der Waals surface area contributed by atoms with E-state index in [1.54, 1.807) is 35.2 Å². The first-order chi connectivity index (χ1) is 6.95. The van der Waals surface area contributed by atoms with Gasteiger partial charge >= 0.3 is 0 Å². The van der Waals surface area contributed by atoms with Gasteiger partial charge in [0.15, 0.2) is 0 Å². The molecule has 1 N–H and O–H groups in total. The molecule has 0 saturated carbocycles. The Balaban J connectivity index is 1.79. The average Bonchev–Trinajstić information content (AvgIpc) is 2.72. The van der Waals surface area contributed by atoms with Crippen LogP contribution in [0.1, 0.15) is 0 Å². The summed E-state index contributed by atoms with van der Waals surface area (Å²) in [6.07, 6.45) is 0. The minimum absolute atomic E-state index is 1.23. The van der Waals surface area contributed by atoms with Crippen LogP contribution in [0.4, 0.5) is 0 Å². The van der Waals surface area contributed by atoms with Gasteiger partial charge in [-0.15, -0.1) is 11.3 Å². The van der Waals surface area contributed by atoms with E-state index < -0.39 is 0 Å². The maximum absolute atomic E-state index is 3.25. The minimum atomic E-state index is 1.23. The predicted octanol–water partition coefficient (Wildman–Crippen LogP) is 4.05. The molecule has 1 aromatic heterocycles. The van der Waals surface area contributed by atoms with Crippen LogP contribution in [0, 0.1) is 0 Å². The van der Waals surface area contributed by atoms with Gasteiger partial charge in [0.1, 0.15) is 0 Å². The molecule has 0 atom stereocenters. The lowest BCUT2D eigenvalue weighted by Gasteiger charge is -2.00. The fourth-order valence-electron chi connectivity index (χ4n) is 0.920. The van der Waals surface area contributed by atoms with Gasteiger partial charge in [-0.3, -0.25) is 0 Å². The second-order valence-corrected chi connectivity index (χ2v) is 5.72. The number of rotatable bonds is 4. The fourth-order valence-corrected chi connectivity index (χ4v) is 3.35. The second-order valence-electron chi connectivity index (χ2n) is 2.53. The maximum Gasteiger partial charge on any atom is 0.0759 e. The van der Waals surface area contributed by atoms with Gasteiger partial charge in [0, 0.05) is 4.90 Å². The van der Waals surface area contributed by atoms with Crippen molar-refractivity contribution < 1.29 is 0 Å². The topological polar surface area (TPSA) is 12.0 Å². The Bertz CT molecular complexity index is 358. The van der Waals surface area contributed by atoms with Crippen molar-refractivity contribution in [1.82, 2.24) is 4.13 Å². The van der Waals surface area contributed by atoms with Gasteiger partial charge in [-0.25, -0.2) is 0 Å². The van der Waals surface area contributed by atoms with Crippen LogP contribution >= 0.6 is 35.2 Å². The summed E-state index contributed by atoms with van der Waals surface area (Å²) in [5, 5.41) is 2.08.